The van der Waals surface area contributed by atoms with Crippen LogP contribution in [0.25, 0.3) is 5.65 Å². The third kappa shape index (κ3) is 3.51. The van der Waals surface area contributed by atoms with Crippen LogP contribution in [0.2, 0.25) is 0 Å². The third-order valence-electron chi connectivity index (χ3n) is 4.57. The molecule has 1 aliphatic heterocycles. The number of rotatable bonds is 5. The van der Waals surface area contributed by atoms with Crippen LogP contribution in [0.5, 0.6) is 0 Å². The third-order valence-corrected chi connectivity index (χ3v) is 4.57. The van der Waals surface area contributed by atoms with Gasteiger partial charge >= 0.3 is 6.03 Å². The summed E-state index contributed by atoms with van der Waals surface area (Å²) >= 11 is 0. The number of urea groups is 1. The van der Waals surface area contributed by atoms with E-state index in [9.17, 15) is 9.90 Å². The topological polar surface area (TPSA) is 82.8 Å². The zero-order chi connectivity index (χ0) is 17.2. The van der Waals surface area contributed by atoms with Crippen LogP contribution in [0.4, 0.5) is 4.79 Å². The first-order valence-corrected chi connectivity index (χ1v) is 8.52. The molecule has 1 aliphatic rings. The lowest BCUT2D eigenvalue weighted by Gasteiger charge is -2.33. The van der Waals surface area contributed by atoms with Gasteiger partial charge in [-0.05, 0) is 45.2 Å². The standard InChI is InChI=1S/C17H25N5O2/c1-17(2,24)13-7-6-12-21(13)16(23)18-10-5-9-15-20-19-14-8-3-4-11-22(14)15/h3-4,8,11,13,24H,5-7,9-10,12H2,1-2H3,(H,18,23)/t13-/m1/s1. The van der Waals surface area contributed by atoms with Crippen molar-refractivity contribution in [3.05, 3.63) is 30.2 Å². The van der Waals surface area contributed by atoms with Crippen LogP contribution in [0, 0.1) is 0 Å². The molecule has 3 heterocycles. The quantitative estimate of drug-likeness (QED) is 0.816. The first-order chi connectivity index (χ1) is 11.5. The number of aliphatic hydroxyl groups is 1. The predicted molar refractivity (Wildman–Crippen MR) is 90.7 cm³/mol. The fourth-order valence-corrected chi connectivity index (χ4v) is 3.35. The van der Waals surface area contributed by atoms with E-state index >= 15 is 0 Å². The number of amides is 2. The second-order valence-electron chi connectivity index (χ2n) is 6.89. The van der Waals surface area contributed by atoms with E-state index in [-0.39, 0.29) is 12.1 Å². The molecule has 24 heavy (non-hydrogen) atoms. The SMILES string of the molecule is CC(C)(O)[C@H]1CCCN1C(=O)NCCCc1nnc2ccccn12. The second-order valence-corrected chi connectivity index (χ2v) is 6.89. The van der Waals surface area contributed by atoms with Crippen LogP contribution in [0.1, 0.15) is 38.9 Å². The Kier molecular flexibility index (Phi) is 4.71. The number of hydrogen-bond donors (Lipinski definition) is 2. The van der Waals surface area contributed by atoms with Crippen molar-refractivity contribution < 1.29 is 9.90 Å². The molecule has 0 unspecified atom stereocenters. The highest BCUT2D eigenvalue weighted by molar-refractivity contribution is 5.75. The molecule has 2 N–H and O–H groups in total. The van der Waals surface area contributed by atoms with Gasteiger partial charge in [-0.2, -0.15) is 0 Å². The van der Waals surface area contributed by atoms with Crippen molar-refractivity contribution in [1.29, 1.82) is 0 Å². The smallest absolute Gasteiger partial charge is 0.317 e. The molecule has 0 saturated carbocycles. The van der Waals surface area contributed by atoms with Crippen LogP contribution in [-0.2, 0) is 6.42 Å². The molecule has 0 aliphatic carbocycles. The normalized spacial score (nSPS) is 18.3. The van der Waals surface area contributed by atoms with Gasteiger partial charge in [0, 0.05) is 25.7 Å². The van der Waals surface area contributed by atoms with Gasteiger partial charge in [0.15, 0.2) is 5.65 Å². The van der Waals surface area contributed by atoms with E-state index in [1.165, 1.54) is 0 Å². The number of carbonyl (C=O) groups is 1. The average Bonchev–Trinajstić information content (AvgIpc) is 3.18. The van der Waals surface area contributed by atoms with E-state index in [4.69, 9.17) is 0 Å². The van der Waals surface area contributed by atoms with Crippen molar-refractivity contribution in [2.75, 3.05) is 13.1 Å². The Balaban J connectivity index is 1.49. The van der Waals surface area contributed by atoms with E-state index in [0.29, 0.717) is 13.1 Å². The summed E-state index contributed by atoms with van der Waals surface area (Å²) < 4.78 is 1.96. The van der Waals surface area contributed by atoms with Crippen LogP contribution in [0.15, 0.2) is 24.4 Å². The zero-order valence-electron chi connectivity index (χ0n) is 14.3. The van der Waals surface area contributed by atoms with Crippen molar-refractivity contribution in [1.82, 2.24) is 24.8 Å². The van der Waals surface area contributed by atoms with Crippen LogP contribution >= 0.6 is 0 Å². The first-order valence-electron chi connectivity index (χ1n) is 8.52. The van der Waals surface area contributed by atoms with Crippen molar-refractivity contribution >= 4 is 11.7 Å². The molecule has 1 saturated heterocycles. The number of fused-ring (bicyclic) bond motifs is 1. The second kappa shape index (κ2) is 6.76. The lowest BCUT2D eigenvalue weighted by atomic mass is 9.97. The van der Waals surface area contributed by atoms with Crippen molar-refractivity contribution in [2.45, 2.75) is 51.2 Å². The summed E-state index contributed by atoms with van der Waals surface area (Å²) in [7, 11) is 0. The molecule has 1 atom stereocenters. The largest absolute Gasteiger partial charge is 0.388 e. The van der Waals surface area contributed by atoms with Gasteiger partial charge in [-0.15, -0.1) is 10.2 Å². The Morgan fingerprint density at radius 2 is 2.25 bits per heavy atom. The van der Waals surface area contributed by atoms with Gasteiger partial charge in [-0.3, -0.25) is 4.40 Å². The number of nitrogens with zero attached hydrogens (tertiary/aromatic N) is 4. The number of pyridine rings is 1. The molecule has 0 radical (unpaired) electrons. The van der Waals surface area contributed by atoms with Gasteiger partial charge in [-0.25, -0.2) is 4.79 Å². The van der Waals surface area contributed by atoms with Gasteiger partial charge in [-0.1, -0.05) is 6.07 Å². The van der Waals surface area contributed by atoms with Crippen LogP contribution in [0.3, 0.4) is 0 Å². The van der Waals surface area contributed by atoms with Crippen molar-refractivity contribution in [3.8, 4) is 0 Å². The molecule has 2 aromatic rings. The van der Waals surface area contributed by atoms with E-state index < -0.39 is 5.60 Å². The summed E-state index contributed by atoms with van der Waals surface area (Å²) in [6.45, 7) is 4.81. The molecule has 7 heteroatoms. The molecule has 2 amide bonds. The van der Waals surface area contributed by atoms with Gasteiger partial charge in [0.25, 0.3) is 0 Å². The number of hydrogen-bond acceptors (Lipinski definition) is 4. The maximum atomic E-state index is 12.3. The maximum absolute atomic E-state index is 12.3. The van der Waals surface area contributed by atoms with Crippen LogP contribution < -0.4 is 5.32 Å². The molecule has 0 spiro atoms. The molecular weight excluding hydrogens is 306 g/mol. The molecule has 2 aromatic heterocycles. The van der Waals surface area contributed by atoms with E-state index in [1.54, 1.807) is 18.7 Å². The minimum Gasteiger partial charge on any atom is -0.388 e. The molecule has 0 bridgehead atoms. The zero-order valence-corrected chi connectivity index (χ0v) is 14.3. The van der Waals surface area contributed by atoms with Gasteiger partial charge in [0.05, 0.1) is 11.6 Å². The molecule has 0 aromatic carbocycles. The Hall–Kier alpha value is -2.15. The molecular formula is C17H25N5O2. The fraction of sp³-hybridized carbons (Fsp3) is 0.588. The Morgan fingerprint density at radius 1 is 1.42 bits per heavy atom. The number of aromatic nitrogens is 3. The summed E-state index contributed by atoms with van der Waals surface area (Å²) in [5, 5.41) is 21.5. The average molecular weight is 331 g/mol. The van der Waals surface area contributed by atoms with Crippen LogP contribution in [-0.4, -0.2) is 55.4 Å². The summed E-state index contributed by atoms with van der Waals surface area (Å²) in [5.41, 5.74) is -0.0320. The van der Waals surface area contributed by atoms with E-state index in [1.807, 2.05) is 28.8 Å². The lowest BCUT2D eigenvalue weighted by molar-refractivity contribution is 0.00985. The molecule has 130 valence electrons. The summed E-state index contributed by atoms with van der Waals surface area (Å²) in [6, 6.07) is 5.60. The number of likely N-dealkylation sites (tertiary alicyclic amines) is 1. The molecule has 7 nitrogen and oxygen atoms in total. The highest BCUT2D eigenvalue weighted by atomic mass is 16.3. The Bertz CT molecular complexity index is 706. The maximum Gasteiger partial charge on any atom is 0.317 e. The minimum atomic E-state index is -0.867. The minimum absolute atomic E-state index is 0.0919. The number of nitrogens with one attached hydrogen (secondary N) is 1. The molecule has 1 fully saturated rings. The number of aryl methyl sites for hydroxylation is 1. The fourth-order valence-electron chi connectivity index (χ4n) is 3.35. The van der Waals surface area contributed by atoms with Crippen molar-refractivity contribution in [3.63, 3.8) is 0 Å². The lowest BCUT2D eigenvalue weighted by Crippen LogP contribution is -2.51. The Labute approximate surface area is 141 Å². The highest BCUT2D eigenvalue weighted by Crippen LogP contribution is 2.26. The van der Waals surface area contributed by atoms with E-state index in [0.717, 1.165) is 37.2 Å². The first kappa shape index (κ1) is 16.7. The van der Waals surface area contributed by atoms with Gasteiger partial charge in [0.2, 0.25) is 0 Å². The van der Waals surface area contributed by atoms with Crippen molar-refractivity contribution in [2.24, 2.45) is 0 Å². The molecule has 3 rings (SSSR count). The monoisotopic (exact) mass is 331 g/mol. The van der Waals surface area contributed by atoms with E-state index in [2.05, 4.69) is 15.5 Å². The summed E-state index contributed by atoms with van der Waals surface area (Å²) in [6.07, 6.45) is 5.28. The Morgan fingerprint density at radius 3 is 3.04 bits per heavy atom. The predicted octanol–water partition coefficient (Wildman–Crippen LogP) is 1.61. The summed E-state index contributed by atoms with van der Waals surface area (Å²) in [5.74, 6) is 0.899. The summed E-state index contributed by atoms with van der Waals surface area (Å²) in [4.78, 5) is 14.1. The van der Waals surface area contributed by atoms with Gasteiger partial charge in [0.1, 0.15) is 5.82 Å². The highest BCUT2D eigenvalue weighted by Gasteiger charge is 2.38. The van der Waals surface area contributed by atoms with Gasteiger partial charge < -0.3 is 15.3 Å². The number of carbonyl (C=O) groups excluding carboxylic acids is 1.